The Hall–Kier alpha value is -2.61. The number of aromatic amines is 1. The molecule has 1 N–H and O–H groups in total. The lowest BCUT2D eigenvalue weighted by molar-refractivity contribution is 0.122. The standard InChI is InChI=1S/C17H23N7O/c1-12-10-14-15(19-12)20-17(24-6-8-25-9-7-24)21-16(14)22(2)11-13-4-5-18-23(13)3/h4-5,10H,6-9,11H2,1-3H3,(H,19,20,21). The molecule has 25 heavy (non-hydrogen) atoms. The van der Waals surface area contributed by atoms with Crippen molar-refractivity contribution < 1.29 is 4.74 Å². The maximum atomic E-state index is 5.45. The Bertz CT molecular complexity index is 878. The molecule has 8 heteroatoms. The van der Waals surface area contributed by atoms with E-state index in [9.17, 15) is 0 Å². The van der Waals surface area contributed by atoms with E-state index < -0.39 is 0 Å². The highest BCUT2D eigenvalue weighted by Crippen LogP contribution is 2.27. The first kappa shape index (κ1) is 15.9. The van der Waals surface area contributed by atoms with Crippen molar-refractivity contribution in [2.75, 3.05) is 43.2 Å². The van der Waals surface area contributed by atoms with Crippen LogP contribution in [-0.2, 0) is 18.3 Å². The fraction of sp³-hybridized carbons (Fsp3) is 0.471. The van der Waals surface area contributed by atoms with Gasteiger partial charge in [-0.25, -0.2) is 0 Å². The normalized spacial score (nSPS) is 15.1. The van der Waals surface area contributed by atoms with Crippen LogP contribution in [0, 0.1) is 6.92 Å². The number of ether oxygens (including phenoxy) is 1. The third-order valence-corrected chi connectivity index (χ3v) is 4.57. The number of aryl methyl sites for hydroxylation is 2. The number of H-pyrrole nitrogens is 1. The smallest absolute Gasteiger partial charge is 0.229 e. The topological polar surface area (TPSA) is 75.1 Å². The number of hydrogen-bond acceptors (Lipinski definition) is 6. The minimum atomic E-state index is 0.714. The summed E-state index contributed by atoms with van der Waals surface area (Å²) in [5.41, 5.74) is 3.09. The molecular weight excluding hydrogens is 318 g/mol. The number of morpholine rings is 1. The second-order valence-electron chi connectivity index (χ2n) is 6.46. The molecule has 8 nitrogen and oxygen atoms in total. The number of nitrogens with zero attached hydrogens (tertiary/aromatic N) is 6. The Morgan fingerprint density at radius 3 is 2.80 bits per heavy atom. The van der Waals surface area contributed by atoms with Crippen molar-refractivity contribution in [3.05, 3.63) is 29.7 Å². The molecule has 0 unspecified atom stereocenters. The van der Waals surface area contributed by atoms with E-state index in [4.69, 9.17) is 14.7 Å². The van der Waals surface area contributed by atoms with E-state index in [1.54, 1.807) is 0 Å². The summed E-state index contributed by atoms with van der Waals surface area (Å²) >= 11 is 0. The number of aromatic nitrogens is 5. The van der Waals surface area contributed by atoms with Crippen LogP contribution in [-0.4, -0.2) is 58.1 Å². The average molecular weight is 341 g/mol. The lowest BCUT2D eigenvalue weighted by Crippen LogP contribution is -2.37. The fourth-order valence-electron chi connectivity index (χ4n) is 3.18. The van der Waals surface area contributed by atoms with Gasteiger partial charge in [0.2, 0.25) is 5.95 Å². The largest absolute Gasteiger partial charge is 0.378 e. The molecule has 0 saturated carbocycles. The third kappa shape index (κ3) is 3.05. The highest BCUT2D eigenvalue weighted by Gasteiger charge is 2.19. The SMILES string of the molecule is Cc1cc2c(N(C)Cc3ccnn3C)nc(N3CCOCC3)nc2[nH]1. The van der Waals surface area contributed by atoms with Crippen LogP contribution in [0.3, 0.4) is 0 Å². The average Bonchev–Trinajstić information content (AvgIpc) is 3.19. The van der Waals surface area contributed by atoms with Crippen molar-refractivity contribution in [1.82, 2.24) is 24.7 Å². The van der Waals surface area contributed by atoms with Gasteiger partial charge in [0, 0.05) is 39.1 Å². The van der Waals surface area contributed by atoms with Gasteiger partial charge >= 0.3 is 0 Å². The van der Waals surface area contributed by atoms with Gasteiger partial charge in [-0.3, -0.25) is 4.68 Å². The summed E-state index contributed by atoms with van der Waals surface area (Å²) in [7, 11) is 4.01. The first-order valence-electron chi connectivity index (χ1n) is 8.50. The maximum absolute atomic E-state index is 5.45. The molecule has 4 rings (SSSR count). The fourth-order valence-corrected chi connectivity index (χ4v) is 3.18. The summed E-state index contributed by atoms with van der Waals surface area (Å²) in [6, 6.07) is 4.13. The molecule has 0 spiro atoms. The molecule has 132 valence electrons. The van der Waals surface area contributed by atoms with Crippen molar-refractivity contribution in [3.8, 4) is 0 Å². The molecule has 0 atom stereocenters. The number of hydrogen-bond donors (Lipinski definition) is 1. The highest BCUT2D eigenvalue weighted by atomic mass is 16.5. The minimum Gasteiger partial charge on any atom is -0.378 e. The van der Waals surface area contributed by atoms with E-state index in [0.717, 1.165) is 53.8 Å². The van der Waals surface area contributed by atoms with E-state index in [2.05, 4.69) is 33.0 Å². The van der Waals surface area contributed by atoms with Crippen LogP contribution < -0.4 is 9.80 Å². The van der Waals surface area contributed by atoms with E-state index in [1.807, 2.05) is 30.9 Å². The van der Waals surface area contributed by atoms with Crippen LogP contribution in [0.25, 0.3) is 11.0 Å². The van der Waals surface area contributed by atoms with Gasteiger partial charge in [-0.05, 0) is 19.1 Å². The van der Waals surface area contributed by atoms with Crippen LogP contribution in [0.2, 0.25) is 0 Å². The zero-order chi connectivity index (χ0) is 17.4. The Morgan fingerprint density at radius 1 is 1.28 bits per heavy atom. The molecule has 0 amide bonds. The number of nitrogens with one attached hydrogen (secondary N) is 1. The van der Waals surface area contributed by atoms with Crippen molar-refractivity contribution in [3.63, 3.8) is 0 Å². The Morgan fingerprint density at radius 2 is 2.08 bits per heavy atom. The molecule has 1 fully saturated rings. The first-order chi connectivity index (χ1) is 12.1. The first-order valence-corrected chi connectivity index (χ1v) is 8.50. The van der Waals surface area contributed by atoms with E-state index in [0.29, 0.717) is 13.2 Å². The summed E-state index contributed by atoms with van der Waals surface area (Å²) in [6.45, 7) is 5.83. The van der Waals surface area contributed by atoms with Gasteiger partial charge in [0.15, 0.2) is 0 Å². The molecule has 0 aromatic carbocycles. The third-order valence-electron chi connectivity index (χ3n) is 4.57. The van der Waals surface area contributed by atoms with Crippen molar-refractivity contribution in [2.45, 2.75) is 13.5 Å². The predicted molar refractivity (Wildman–Crippen MR) is 97.0 cm³/mol. The van der Waals surface area contributed by atoms with Gasteiger partial charge in [0.25, 0.3) is 0 Å². The Balaban J connectivity index is 1.73. The van der Waals surface area contributed by atoms with E-state index in [1.165, 1.54) is 0 Å². The van der Waals surface area contributed by atoms with Gasteiger partial charge < -0.3 is 19.5 Å². The van der Waals surface area contributed by atoms with Gasteiger partial charge in [-0.2, -0.15) is 15.1 Å². The van der Waals surface area contributed by atoms with E-state index in [-0.39, 0.29) is 0 Å². The number of fused-ring (bicyclic) bond motifs is 1. The van der Waals surface area contributed by atoms with Crippen LogP contribution in [0.1, 0.15) is 11.4 Å². The molecule has 1 aliphatic rings. The van der Waals surface area contributed by atoms with Gasteiger partial charge in [-0.1, -0.05) is 0 Å². The lowest BCUT2D eigenvalue weighted by atomic mass is 10.3. The second-order valence-corrected chi connectivity index (χ2v) is 6.46. The molecule has 0 aliphatic carbocycles. The van der Waals surface area contributed by atoms with Gasteiger partial charge in [0.1, 0.15) is 11.5 Å². The molecule has 3 aromatic heterocycles. The summed E-state index contributed by atoms with van der Waals surface area (Å²) in [4.78, 5) is 17.3. The van der Waals surface area contributed by atoms with Crippen molar-refractivity contribution >= 4 is 22.8 Å². The molecule has 0 radical (unpaired) electrons. The minimum absolute atomic E-state index is 0.714. The predicted octanol–water partition coefficient (Wildman–Crippen LogP) is 1.47. The summed E-state index contributed by atoms with van der Waals surface area (Å²) in [5.74, 6) is 1.68. The molecular formula is C17H23N7O. The summed E-state index contributed by atoms with van der Waals surface area (Å²) < 4.78 is 7.34. The quantitative estimate of drug-likeness (QED) is 0.775. The second kappa shape index (κ2) is 6.36. The summed E-state index contributed by atoms with van der Waals surface area (Å²) in [6.07, 6.45) is 1.82. The zero-order valence-electron chi connectivity index (χ0n) is 14.9. The Kier molecular flexibility index (Phi) is 4.04. The molecule has 1 saturated heterocycles. The van der Waals surface area contributed by atoms with Crippen molar-refractivity contribution in [1.29, 1.82) is 0 Å². The number of rotatable bonds is 4. The van der Waals surface area contributed by atoms with Crippen molar-refractivity contribution in [2.24, 2.45) is 7.05 Å². The maximum Gasteiger partial charge on any atom is 0.229 e. The zero-order valence-corrected chi connectivity index (χ0v) is 14.9. The number of anilines is 2. The summed E-state index contributed by atoms with van der Waals surface area (Å²) in [5, 5.41) is 5.29. The lowest BCUT2D eigenvalue weighted by Gasteiger charge is -2.28. The molecule has 1 aliphatic heterocycles. The molecule has 3 aromatic rings. The van der Waals surface area contributed by atoms with Crippen LogP contribution in [0.5, 0.6) is 0 Å². The van der Waals surface area contributed by atoms with Gasteiger partial charge in [-0.15, -0.1) is 0 Å². The molecule has 4 heterocycles. The van der Waals surface area contributed by atoms with E-state index >= 15 is 0 Å². The Labute approximate surface area is 146 Å². The monoisotopic (exact) mass is 341 g/mol. The highest BCUT2D eigenvalue weighted by molar-refractivity contribution is 5.89. The van der Waals surface area contributed by atoms with Crippen LogP contribution in [0.15, 0.2) is 18.3 Å². The molecule has 0 bridgehead atoms. The van der Waals surface area contributed by atoms with Crippen LogP contribution >= 0.6 is 0 Å². The van der Waals surface area contributed by atoms with Crippen LogP contribution in [0.4, 0.5) is 11.8 Å². The van der Waals surface area contributed by atoms with Gasteiger partial charge in [0.05, 0.1) is 30.8 Å².